The molecule has 0 saturated carbocycles. The van der Waals surface area contributed by atoms with Crippen LogP contribution in [0.3, 0.4) is 0 Å². The van der Waals surface area contributed by atoms with E-state index in [9.17, 15) is 8.42 Å². The fourth-order valence-electron chi connectivity index (χ4n) is 2.69. The molecule has 0 fully saturated rings. The van der Waals surface area contributed by atoms with Gasteiger partial charge >= 0.3 is 10.1 Å². The molecule has 3 aromatic rings. The molecule has 0 aliphatic carbocycles. The molecule has 0 spiro atoms. The average molecular weight is 400 g/mol. The number of para-hydroxylation sites is 1. The molecule has 140 valence electrons. The lowest BCUT2D eigenvalue weighted by Gasteiger charge is -2.12. The molecule has 5 heteroatoms. The van der Waals surface area contributed by atoms with Crippen molar-refractivity contribution in [2.24, 2.45) is 0 Å². The first kappa shape index (κ1) is 19.5. The molecular formula is C22H23O3S2+. The Morgan fingerprint density at radius 2 is 1.30 bits per heavy atom. The highest BCUT2D eigenvalue weighted by Crippen LogP contribution is 2.37. The van der Waals surface area contributed by atoms with Gasteiger partial charge in [0.05, 0.1) is 5.75 Å². The van der Waals surface area contributed by atoms with Gasteiger partial charge in [-0.05, 0) is 42.8 Å². The van der Waals surface area contributed by atoms with Crippen molar-refractivity contribution in [3.63, 3.8) is 0 Å². The van der Waals surface area contributed by atoms with Crippen molar-refractivity contribution in [2.75, 3.05) is 5.75 Å². The van der Waals surface area contributed by atoms with Crippen LogP contribution in [0.4, 0.5) is 0 Å². The molecule has 0 heterocycles. The molecule has 0 aromatic heterocycles. The Morgan fingerprint density at radius 1 is 0.778 bits per heavy atom. The van der Waals surface area contributed by atoms with Gasteiger partial charge < -0.3 is 4.18 Å². The van der Waals surface area contributed by atoms with Crippen LogP contribution in [0.1, 0.15) is 19.8 Å². The molecule has 0 atom stereocenters. The van der Waals surface area contributed by atoms with E-state index < -0.39 is 21.0 Å². The zero-order valence-corrected chi connectivity index (χ0v) is 16.9. The van der Waals surface area contributed by atoms with E-state index in [2.05, 4.69) is 24.3 Å². The van der Waals surface area contributed by atoms with Gasteiger partial charge in [-0.1, -0.05) is 61.9 Å². The fraction of sp³-hybridized carbons (Fsp3) is 0.182. The van der Waals surface area contributed by atoms with Crippen LogP contribution in [-0.2, 0) is 21.0 Å². The zero-order valence-electron chi connectivity index (χ0n) is 15.2. The highest BCUT2D eigenvalue weighted by Gasteiger charge is 2.33. The number of rotatable bonds is 8. The van der Waals surface area contributed by atoms with Crippen LogP contribution in [0.15, 0.2) is 99.6 Å². The molecule has 0 amide bonds. The summed E-state index contributed by atoms with van der Waals surface area (Å²) >= 11 is 0. The van der Waals surface area contributed by atoms with Crippen LogP contribution in [-0.4, -0.2) is 14.2 Å². The number of hydrogen-bond acceptors (Lipinski definition) is 3. The molecular weight excluding hydrogens is 376 g/mol. The van der Waals surface area contributed by atoms with E-state index in [1.807, 2.05) is 61.5 Å². The first-order chi connectivity index (χ1) is 13.1. The average Bonchev–Trinajstić information content (AvgIpc) is 2.69. The summed E-state index contributed by atoms with van der Waals surface area (Å²) in [6.45, 7) is 1.96. The van der Waals surface area contributed by atoms with Crippen molar-refractivity contribution >= 4 is 21.0 Å². The molecule has 0 N–H and O–H groups in total. The molecule has 3 nitrogen and oxygen atoms in total. The zero-order chi connectivity index (χ0) is 19.1. The summed E-state index contributed by atoms with van der Waals surface area (Å²) in [5, 5.41) is 0. The molecule has 0 aliphatic heterocycles. The molecule has 0 bridgehead atoms. The first-order valence-electron chi connectivity index (χ1n) is 8.96. The lowest BCUT2D eigenvalue weighted by atomic mass is 10.3. The summed E-state index contributed by atoms with van der Waals surface area (Å²) in [5.41, 5.74) is 0. The Labute approximate surface area is 164 Å². The summed E-state index contributed by atoms with van der Waals surface area (Å²) in [7, 11) is -4.07. The molecule has 0 aliphatic rings. The van der Waals surface area contributed by atoms with Gasteiger partial charge in [0.15, 0.2) is 15.5 Å². The van der Waals surface area contributed by atoms with Crippen molar-refractivity contribution in [3.8, 4) is 5.75 Å². The predicted octanol–water partition coefficient (Wildman–Crippen LogP) is 5.29. The Kier molecular flexibility index (Phi) is 6.58. The van der Waals surface area contributed by atoms with E-state index in [0.29, 0.717) is 12.2 Å². The van der Waals surface area contributed by atoms with Gasteiger partial charge in [0.25, 0.3) is 0 Å². The maximum absolute atomic E-state index is 12.4. The maximum atomic E-state index is 12.4. The van der Waals surface area contributed by atoms with Gasteiger partial charge in [0.2, 0.25) is 4.90 Å². The Morgan fingerprint density at radius 3 is 1.85 bits per heavy atom. The van der Waals surface area contributed by atoms with Crippen LogP contribution in [0, 0.1) is 0 Å². The SMILES string of the molecule is CCCCS(=O)(=O)Oc1ccccc1[S+](c1ccccc1)c1ccccc1. The van der Waals surface area contributed by atoms with Gasteiger partial charge in [0.1, 0.15) is 10.9 Å². The summed E-state index contributed by atoms with van der Waals surface area (Å²) in [4.78, 5) is 3.10. The Hall–Kier alpha value is -2.24. The second-order valence-corrected chi connectivity index (χ2v) is 9.76. The summed E-state index contributed by atoms with van der Waals surface area (Å²) in [6, 6.07) is 27.7. The third-order valence-corrected chi connectivity index (χ3v) is 7.48. The van der Waals surface area contributed by atoms with Gasteiger partial charge in [-0.3, -0.25) is 0 Å². The normalized spacial score (nSPS) is 11.5. The molecule has 0 unspecified atom stereocenters. The van der Waals surface area contributed by atoms with Gasteiger partial charge in [-0.25, -0.2) is 0 Å². The second kappa shape index (κ2) is 9.11. The van der Waals surface area contributed by atoms with Crippen molar-refractivity contribution in [1.82, 2.24) is 0 Å². The maximum Gasteiger partial charge on any atom is 0.309 e. The second-order valence-electron chi connectivity index (χ2n) is 6.08. The number of unbranched alkanes of at least 4 members (excludes halogenated alkanes) is 1. The third-order valence-electron chi connectivity index (χ3n) is 3.99. The van der Waals surface area contributed by atoms with Gasteiger partial charge in [0, 0.05) is 0 Å². The van der Waals surface area contributed by atoms with Crippen molar-refractivity contribution in [3.05, 3.63) is 84.9 Å². The monoisotopic (exact) mass is 399 g/mol. The molecule has 27 heavy (non-hydrogen) atoms. The summed E-state index contributed by atoms with van der Waals surface area (Å²) in [5.74, 6) is 0.437. The topological polar surface area (TPSA) is 43.4 Å². The number of hydrogen-bond donors (Lipinski definition) is 0. The van der Waals surface area contributed by atoms with E-state index in [-0.39, 0.29) is 5.75 Å². The summed E-state index contributed by atoms with van der Waals surface area (Å²) in [6.07, 6.45) is 1.40. The lowest BCUT2D eigenvalue weighted by molar-refractivity contribution is 0.478. The van der Waals surface area contributed by atoms with Crippen LogP contribution in [0.2, 0.25) is 0 Å². The highest BCUT2D eigenvalue weighted by atomic mass is 32.2. The molecule has 3 rings (SSSR count). The van der Waals surface area contributed by atoms with E-state index in [1.54, 1.807) is 6.07 Å². The standard InChI is InChI=1S/C22H23O3S2/c1-2-3-18-27(23,24)25-21-16-10-11-17-22(21)26(19-12-6-4-7-13-19)20-14-8-5-9-15-20/h4-17H,2-3,18H2,1H3/q+1. The first-order valence-corrected chi connectivity index (χ1v) is 11.8. The van der Waals surface area contributed by atoms with Gasteiger partial charge in [-0.2, -0.15) is 8.42 Å². The smallest absolute Gasteiger partial charge is 0.309 e. The molecule has 0 radical (unpaired) electrons. The van der Waals surface area contributed by atoms with Gasteiger partial charge in [-0.15, -0.1) is 0 Å². The minimum absolute atomic E-state index is 0.0300. The Bertz CT molecular complexity index is 916. The number of benzene rings is 3. The van der Waals surface area contributed by atoms with Crippen molar-refractivity contribution in [1.29, 1.82) is 0 Å². The van der Waals surface area contributed by atoms with E-state index >= 15 is 0 Å². The Balaban J connectivity index is 2.06. The van der Waals surface area contributed by atoms with E-state index in [1.165, 1.54) is 0 Å². The van der Waals surface area contributed by atoms with Crippen molar-refractivity contribution in [2.45, 2.75) is 34.5 Å². The summed E-state index contributed by atoms with van der Waals surface area (Å²) < 4.78 is 30.3. The minimum Gasteiger partial charge on any atom is -0.377 e. The van der Waals surface area contributed by atoms with Crippen molar-refractivity contribution < 1.29 is 12.6 Å². The van der Waals surface area contributed by atoms with E-state index in [4.69, 9.17) is 4.18 Å². The van der Waals surface area contributed by atoms with Crippen LogP contribution in [0.25, 0.3) is 0 Å². The highest BCUT2D eigenvalue weighted by molar-refractivity contribution is 7.97. The van der Waals surface area contributed by atoms with Crippen LogP contribution < -0.4 is 4.18 Å². The fourth-order valence-corrected chi connectivity index (χ4v) is 6.05. The predicted molar refractivity (Wildman–Crippen MR) is 111 cm³/mol. The largest absolute Gasteiger partial charge is 0.377 e. The quantitative estimate of drug-likeness (QED) is 0.382. The third kappa shape index (κ3) is 5.15. The molecule has 0 saturated heterocycles. The minimum atomic E-state index is -3.61. The van der Waals surface area contributed by atoms with Crippen LogP contribution in [0.5, 0.6) is 5.75 Å². The van der Waals surface area contributed by atoms with Crippen LogP contribution >= 0.6 is 0 Å². The lowest BCUT2D eigenvalue weighted by Crippen LogP contribution is -2.16. The van der Waals surface area contributed by atoms with E-state index in [0.717, 1.165) is 21.1 Å². The molecule has 3 aromatic carbocycles.